The van der Waals surface area contributed by atoms with E-state index in [2.05, 4.69) is 17.4 Å². The number of likely N-dealkylation sites (tertiary alicyclic amines) is 1. The Morgan fingerprint density at radius 2 is 1.96 bits per heavy atom. The van der Waals surface area contributed by atoms with Gasteiger partial charge in [-0.15, -0.1) is 0 Å². The lowest BCUT2D eigenvalue weighted by Crippen LogP contribution is -2.40. The summed E-state index contributed by atoms with van der Waals surface area (Å²) in [4.78, 5) is 14.5. The molecule has 1 aliphatic carbocycles. The number of carbonyl (C=O) groups is 1. The van der Waals surface area contributed by atoms with Gasteiger partial charge in [-0.25, -0.2) is 0 Å². The third kappa shape index (κ3) is 5.46. The SMILES string of the molecule is CNCC1CCN(C(=O)CCc2cccc(OC3CCCC3)c2)CC1. The van der Waals surface area contributed by atoms with Gasteiger partial charge in [-0.1, -0.05) is 12.1 Å². The second kappa shape index (κ2) is 9.23. The molecule has 1 aliphatic heterocycles. The largest absolute Gasteiger partial charge is 0.490 e. The molecule has 1 N–H and O–H groups in total. The minimum Gasteiger partial charge on any atom is -0.490 e. The van der Waals surface area contributed by atoms with Crippen LogP contribution in [0.2, 0.25) is 0 Å². The fraction of sp³-hybridized carbons (Fsp3) is 0.667. The molecule has 3 rings (SSSR count). The predicted molar refractivity (Wildman–Crippen MR) is 101 cm³/mol. The van der Waals surface area contributed by atoms with Crippen molar-refractivity contribution >= 4 is 5.91 Å². The quantitative estimate of drug-likeness (QED) is 0.824. The van der Waals surface area contributed by atoms with Crippen molar-refractivity contribution in [3.63, 3.8) is 0 Å². The third-order valence-corrected chi connectivity index (χ3v) is 5.59. The first-order chi connectivity index (χ1) is 12.2. The van der Waals surface area contributed by atoms with E-state index in [1.807, 2.05) is 24.1 Å². The minimum absolute atomic E-state index is 0.296. The highest BCUT2D eigenvalue weighted by molar-refractivity contribution is 5.76. The zero-order chi connectivity index (χ0) is 17.5. The van der Waals surface area contributed by atoms with E-state index in [0.29, 0.717) is 18.4 Å². The number of aryl methyl sites for hydroxylation is 1. The van der Waals surface area contributed by atoms with Crippen molar-refractivity contribution in [2.24, 2.45) is 5.92 Å². The molecular formula is C21H32N2O2. The van der Waals surface area contributed by atoms with Gasteiger partial charge in [0.05, 0.1) is 6.10 Å². The first kappa shape index (κ1) is 18.2. The number of rotatable bonds is 7. The van der Waals surface area contributed by atoms with Gasteiger partial charge in [0.1, 0.15) is 5.75 Å². The third-order valence-electron chi connectivity index (χ3n) is 5.59. The summed E-state index contributed by atoms with van der Waals surface area (Å²) >= 11 is 0. The molecule has 138 valence electrons. The van der Waals surface area contributed by atoms with E-state index >= 15 is 0 Å². The number of nitrogens with zero attached hydrogens (tertiary/aromatic N) is 1. The van der Waals surface area contributed by atoms with Crippen molar-refractivity contribution in [1.29, 1.82) is 0 Å². The van der Waals surface area contributed by atoms with E-state index in [4.69, 9.17) is 4.74 Å². The van der Waals surface area contributed by atoms with Crippen molar-refractivity contribution in [3.05, 3.63) is 29.8 Å². The zero-order valence-corrected chi connectivity index (χ0v) is 15.5. The Bertz CT molecular complexity index is 547. The van der Waals surface area contributed by atoms with E-state index in [-0.39, 0.29) is 0 Å². The van der Waals surface area contributed by atoms with Crippen molar-refractivity contribution in [1.82, 2.24) is 10.2 Å². The lowest BCUT2D eigenvalue weighted by atomic mass is 9.96. The lowest BCUT2D eigenvalue weighted by Gasteiger charge is -2.32. The number of ether oxygens (including phenoxy) is 1. The first-order valence-electron chi connectivity index (χ1n) is 9.92. The van der Waals surface area contributed by atoms with Gasteiger partial charge < -0.3 is 15.0 Å². The van der Waals surface area contributed by atoms with Crippen molar-refractivity contribution in [2.75, 3.05) is 26.7 Å². The van der Waals surface area contributed by atoms with Crippen LogP contribution < -0.4 is 10.1 Å². The molecule has 4 heteroatoms. The molecule has 1 aromatic rings. The summed E-state index contributed by atoms with van der Waals surface area (Å²) < 4.78 is 6.07. The van der Waals surface area contributed by atoms with Crippen LogP contribution in [0.25, 0.3) is 0 Å². The number of benzene rings is 1. The number of carbonyl (C=O) groups excluding carboxylic acids is 1. The highest BCUT2D eigenvalue weighted by Gasteiger charge is 2.22. The van der Waals surface area contributed by atoms with Gasteiger partial charge in [0, 0.05) is 19.5 Å². The maximum absolute atomic E-state index is 12.5. The van der Waals surface area contributed by atoms with Crippen LogP contribution in [-0.4, -0.2) is 43.6 Å². The fourth-order valence-corrected chi connectivity index (χ4v) is 4.06. The lowest BCUT2D eigenvalue weighted by molar-refractivity contribution is -0.132. The maximum atomic E-state index is 12.5. The van der Waals surface area contributed by atoms with Gasteiger partial charge in [-0.2, -0.15) is 0 Å². The van der Waals surface area contributed by atoms with Crippen LogP contribution in [0.4, 0.5) is 0 Å². The second-order valence-corrected chi connectivity index (χ2v) is 7.55. The summed E-state index contributed by atoms with van der Waals surface area (Å²) in [6.45, 7) is 2.89. The Labute approximate surface area is 151 Å². The monoisotopic (exact) mass is 344 g/mol. The van der Waals surface area contributed by atoms with Crippen LogP contribution >= 0.6 is 0 Å². The Kier molecular flexibility index (Phi) is 6.74. The van der Waals surface area contributed by atoms with E-state index in [1.54, 1.807) is 0 Å². The summed E-state index contributed by atoms with van der Waals surface area (Å²) in [6, 6.07) is 8.31. The molecule has 1 saturated carbocycles. The number of nitrogens with one attached hydrogen (secondary N) is 1. The van der Waals surface area contributed by atoms with Gasteiger partial charge in [0.2, 0.25) is 5.91 Å². The van der Waals surface area contributed by atoms with Gasteiger partial charge in [-0.05, 0) is 82.2 Å². The molecule has 0 unspecified atom stereocenters. The molecule has 2 fully saturated rings. The van der Waals surface area contributed by atoms with Crippen LogP contribution in [-0.2, 0) is 11.2 Å². The Morgan fingerprint density at radius 3 is 2.68 bits per heavy atom. The van der Waals surface area contributed by atoms with Gasteiger partial charge in [0.25, 0.3) is 0 Å². The molecule has 2 aliphatic rings. The normalized spacial score (nSPS) is 19.3. The highest BCUT2D eigenvalue weighted by Crippen LogP contribution is 2.25. The van der Waals surface area contributed by atoms with Crippen LogP contribution in [0.1, 0.15) is 50.5 Å². The molecule has 0 aromatic heterocycles. The summed E-state index contributed by atoms with van der Waals surface area (Å²) in [6.07, 6.45) is 8.94. The van der Waals surface area contributed by atoms with E-state index in [0.717, 1.165) is 50.6 Å². The number of piperidine rings is 1. The van der Waals surface area contributed by atoms with Gasteiger partial charge in [-0.3, -0.25) is 4.79 Å². The molecule has 1 amide bonds. The van der Waals surface area contributed by atoms with E-state index < -0.39 is 0 Å². The van der Waals surface area contributed by atoms with Crippen LogP contribution in [0.15, 0.2) is 24.3 Å². The summed E-state index contributed by atoms with van der Waals surface area (Å²) in [5, 5.41) is 3.24. The Morgan fingerprint density at radius 1 is 1.20 bits per heavy atom. The average molecular weight is 344 g/mol. The minimum atomic E-state index is 0.296. The zero-order valence-electron chi connectivity index (χ0n) is 15.5. The molecule has 25 heavy (non-hydrogen) atoms. The summed E-state index contributed by atoms with van der Waals surface area (Å²) in [5.41, 5.74) is 1.20. The fourth-order valence-electron chi connectivity index (χ4n) is 4.06. The molecule has 1 aromatic carbocycles. The second-order valence-electron chi connectivity index (χ2n) is 7.55. The predicted octanol–water partition coefficient (Wildman–Crippen LogP) is 3.40. The topological polar surface area (TPSA) is 41.6 Å². The molecule has 0 radical (unpaired) electrons. The maximum Gasteiger partial charge on any atom is 0.222 e. The van der Waals surface area contributed by atoms with Crippen LogP contribution in [0.5, 0.6) is 5.75 Å². The van der Waals surface area contributed by atoms with Crippen molar-refractivity contribution in [3.8, 4) is 5.75 Å². The summed E-state index contributed by atoms with van der Waals surface area (Å²) in [5.74, 6) is 1.98. The smallest absolute Gasteiger partial charge is 0.222 e. The Hall–Kier alpha value is -1.55. The number of hydrogen-bond donors (Lipinski definition) is 1. The Balaban J connectivity index is 1.44. The first-order valence-corrected chi connectivity index (χ1v) is 9.92. The highest BCUT2D eigenvalue weighted by atomic mass is 16.5. The number of hydrogen-bond acceptors (Lipinski definition) is 3. The molecule has 4 nitrogen and oxygen atoms in total. The van der Waals surface area contributed by atoms with E-state index in [9.17, 15) is 4.79 Å². The number of amides is 1. The average Bonchev–Trinajstić information content (AvgIpc) is 3.14. The summed E-state index contributed by atoms with van der Waals surface area (Å²) in [7, 11) is 2.00. The molecule has 0 atom stereocenters. The van der Waals surface area contributed by atoms with Gasteiger partial charge in [0.15, 0.2) is 0 Å². The molecule has 1 heterocycles. The van der Waals surface area contributed by atoms with Gasteiger partial charge >= 0.3 is 0 Å². The molecular weight excluding hydrogens is 312 g/mol. The van der Waals surface area contributed by atoms with Crippen molar-refractivity contribution in [2.45, 2.75) is 57.5 Å². The standard InChI is InChI=1S/C21H32N2O2/c1-22-16-18-11-13-23(14-12-18)21(24)10-9-17-5-4-8-20(15-17)25-19-6-2-3-7-19/h4-5,8,15,18-19,22H,2-3,6-7,9-14,16H2,1H3. The van der Waals surface area contributed by atoms with Crippen LogP contribution in [0.3, 0.4) is 0 Å². The molecule has 0 spiro atoms. The van der Waals surface area contributed by atoms with Crippen LogP contribution in [0, 0.1) is 5.92 Å². The molecule has 0 bridgehead atoms. The molecule has 1 saturated heterocycles. The van der Waals surface area contributed by atoms with E-state index in [1.165, 1.54) is 31.2 Å². The van der Waals surface area contributed by atoms with Crippen molar-refractivity contribution < 1.29 is 9.53 Å².